The number of aliphatic hydroxyl groups excluding tert-OH is 1. The lowest BCUT2D eigenvalue weighted by molar-refractivity contribution is 0.253. The van der Waals surface area contributed by atoms with E-state index in [-0.39, 0.29) is 30.6 Å². The van der Waals surface area contributed by atoms with Crippen molar-refractivity contribution in [3.05, 3.63) is 18.0 Å². The van der Waals surface area contributed by atoms with Crippen LogP contribution in [-0.2, 0) is 13.5 Å². The molecule has 0 aliphatic rings. The molecule has 134 valence electrons. The van der Waals surface area contributed by atoms with Gasteiger partial charge in [-0.2, -0.15) is 5.10 Å². The summed E-state index contributed by atoms with van der Waals surface area (Å²) >= 11 is 0. The first-order valence-corrected chi connectivity index (χ1v) is 8.30. The fourth-order valence-corrected chi connectivity index (χ4v) is 2.41. The Labute approximate surface area is 157 Å². The summed E-state index contributed by atoms with van der Waals surface area (Å²) in [6.07, 6.45) is 7.92. The summed E-state index contributed by atoms with van der Waals surface area (Å²) in [6, 6.07) is 0. The van der Waals surface area contributed by atoms with E-state index in [1.54, 1.807) is 0 Å². The number of nitrogens with one attached hydrogen (secondary N) is 2. The number of guanidine groups is 1. The Morgan fingerprint density at radius 1 is 1.35 bits per heavy atom. The average Bonchev–Trinajstić information content (AvgIpc) is 2.90. The largest absolute Gasteiger partial charge is 0.396 e. The molecule has 0 aromatic carbocycles. The van der Waals surface area contributed by atoms with Crippen LogP contribution in [0.3, 0.4) is 0 Å². The van der Waals surface area contributed by atoms with Gasteiger partial charge in [0.1, 0.15) is 0 Å². The first kappa shape index (κ1) is 22.2. The van der Waals surface area contributed by atoms with Gasteiger partial charge in [-0.05, 0) is 37.7 Å². The van der Waals surface area contributed by atoms with Crippen LogP contribution in [0.15, 0.2) is 17.4 Å². The van der Waals surface area contributed by atoms with Gasteiger partial charge in [0.2, 0.25) is 0 Å². The van der Waals surface area contributed by atoms with Crippen LogP contribution < -0.4 is 10.6 Å². The molecule has 0 amide bonds. The molecule has 0 saturated heterocycles. The van der Waals surface area contributed by atoms with Gasteiger partial charge < -0.3 is 15.7 Å². The van der Waals surface area contributed by atoms with Crippen molar-refractivity contribution in [2.75, 3.05) is 26.2 Å². The van der Waals surface area contributed by atoms with E-state index < -0.39 is 0 Å². The van der Waals surface area contributed by atoms with Gasteiger partial charge in [0.25, 0.3) is 0 Å². The van der Waals surface area contributed by atoms with Gasteiger partial charge in [-0.1, -0.05) is 13.3 Å². The minimum atomic E-state index is 0. The van der Waals surface area contributed by atoms with Gasteiger partial charge in [0, 0.05) is 39.5 Å². The van der Waals surface area contributed by atoms with E-state index in [2.05, 4.69) is 34.6 Å². The molecule has 1 rings (SSSR count). The number of halogens is 1. The molecule has 0 fully saturated rings. The van der Waals surface area contributed by atoms with E-state index in [4.69, 9.17) is 5.11 Å². The summed E-state index contributed by atoms with van der Waals surface area (Å²) < 4.78 is 1.82. The maximum absolute atomic E-state index is 9.11. The molecule has 1 atom stereocenters. The zero-order valence-electron chi connectivity index (χ0n) is 14.6. The molecule has 1 heterocycles. The summed E-state index contributed by atoms with van der Waals surface area (Å²) in [7, 11) is 1.93. The highest BCUT2D eigenvalue weighted by Gasteiger charge is 2.07. The van der Waals surface area contributed by atoms with Gasteiger partial charge in [-0.25, -0.2) is 0 Å². The molecule has 7 heteroatoms. The van der Waals surface area contributed by atoms with Crippen LogP contribution in [-0.4, -0.2) is 47.1 Å². The predicted molar refractivity (Wildman–Crippen MR) is 106 cm³/mol. The Morgan fingerprint density at radius 3 is 2.70 bits per heavy atom. The minimum Gasteiger partial charge on any atom is -0.396 e. The van der Waals surface area contributed by atoms with Gasteiger partial charge in [0.15, 0.2) is 5.96 Å². The van der Waals surface area contributed by atoms with Crippen LogP contribution in [0.1, 0.15) is 38.7 Å². The quantitative estimate of drug-likeness (QED) is 0.297. The van der Waals surface area contributed by atoms with Crippen LogP contribution in [0.25, 0.3) is 0 Å². The van der Waals surface area contributed by atoms with E-state index in [1.165, 1.54) is 5.56 Å². The van der Waals surface area contributed by atoms with Gasteiger partial charge in [0.05, 0.1) is 6.20 Å². The van der Waals surface area contributed by atoms with Crippen molar-refractivity contribution in [3.63, 3.8) is 0 Å². The molecule has 3 N–H and O–H groups in total. The van der Waals surface area contributed by atoms with Gasteiger partial charge in [-0.3, -0.25) is 9.67 Å². The van der Waals surface area contributed by atoms with Gasteiger partial charge >= 0.3 is 0 Å². The Morgan fingerprint density at radius 2 is 2.13 bits per heavy atom. The number of aliphatic imine (C=N–C) groups is 1. The number of nitrogens with zero attached hydrogens (tertiary/aromatic N) is 3. The highest BCUT2D eigenvalue weighted by molar-refractivity contribution is 14.0. The van der Waals surface area contributed by atoms with E-state index in [1.807, 2.05) is 24.1 Å². The predicted octanol–water partition coefficient (Wildman–Crippen LogP) is 1.93. The molecule has 0 saturated carbocycles. The number of aryl methyl sites for hydroxylation is 1. The molecule has 0 bridgehead atoms. The first-order chi connectivity index (χ1) is 10.7. The monoisotopic (exact) mass is 437 g/mol. The van der Waals surface area contributed by atoms with Crippen LogP contribution in [0.5, 0.6) is 0 Å². The normalized spacial score (nSPS) is 12.6. The van der Waals surface area contributed by atoms with Crippen molar-refractivity contribution in [3.8, 4) is 0 Å². The van der Waals surface area contributed by atoms with Crippen LogP contribution >= 0.6 is 24.0 Å². The molecule has 23 heavy (non-hydrogen) atoms. The minimum absolute atomic E-state index is 0. The standard InChI is InChI=1S/C16H31N5O.HI/c1-4-6-14(8-10-22)11-19-16(17-5-2)18-9-7-15-12-20-21(3)13-15;/h12-14,22H,4-11H2,1-3H3,(H2,17,18,19);1H. The van der Waals surface area contributed by atoms with Crippen LogP contribution in [0.4, 0.5) is 0 Å². The van der Waals surface area contributed by atoms with Crippen molar-refractivity contribution >= 4 is 29.9 Å². The Balaban J connectivity index is 0.00000484. The number of hydrogen-bond acceptors (Lipinski definition) is 3. The summed E-state index contributed by atoms with van der Waals surface area (Å²) in [5.41, 5.74) is 1.22. The smallest absolute Gasteiger partial charge is 0.191 e. The third-order valence-electron chi connectivity index (χ3n) is 3.55. The summed E-state index contributed by atoms with van der Waals surface area (Å²) in [6.45, 7) is 6.91. The molecule has 1 unspecified atom stereocenters. The van der Waals surface area contributed by atoms with Crippen LogP contribution in [0.2, 0.25) is 0 Å². The summed E-state index contributed by atoms with van der Waals surface area (Å²) in [5.74, 6) is 1.31. The van der Waals surface area contributed by atoms with Gasteiger partial charge in [-0.15, -0.1) is 24.0 Å². The van der Waals surface area contributed by atoms with Crippen molar-refractivity contribution < 1.29 is 5.11 Å². The lowest BCUT2D eigenvalue weighted by Crippen LogP contribution is -2.38. The summed E-state index contributed by atoms with van der Waals surface area (Å²) in [5, 5.41) is 19.9. The fourth-order valence-electron chi connectivity index (χ4n) is 2.41. The number of rotatable bonds is 10. The van der Waals surface area contributed by atoms with Crippen molar-refractivity contribution in [2.45, 2.75) is 39.5 Å². The zero-order valence-corrected chi connectivity index (χ0v) is 16.9. The fraction of sp³-hybridized carbons (Fsp3) is 0.750. The topological polar surface area (TPSA) is 74.5 Å². The molecule has 0 radical (unpaired) electrons. The average molecular weight is 437 g/mol. The maximum atomic E-state index is 9.11. The molecule has 0 aliphatic carbocycles. The second-order valence-corrected chi connectivity index (χ2v) is 5.59. The SMILES string of the molecule is CCCC(CCO)CN=C(NCC)NCCc1cnn(C)c1.I. The molecular formula is C16H32IN5O. The van der Waals surface area contributed by atoms with E-state index >= 15 is 0 Å². The molecular weight excluding hydrogens is 405 g/mol. The lowest BCUT2D eigenvalue weighted by atomic mass is 10.0. The second kappa shape index (κ2) is 13.6. The summed E-state index contributed by atoms with van der Waals surface area (Å²) in [4.78, 5) is 4.65. The third kappa shape index (κ3) is 9.80. The van der Waals surface area contributed by atoms with Crippen molar-refractivity contribution in [2.24, 2.45) is 18.0 Å². The second-order valence-electron chi connectivity index (χ2n) is 5.59. The first-order valence-electron chi connectivity index (χ1n) is 8.30. The molecule has 1 aromatic heterocycles. The van der Waals surface area contributed by atoms with E-state index in [0.29, 0.717) is 5.92 Å². The molecule has 6 nitrogen and oxygen atoms in total. The Bertz CT molecular complexity index is 430. The third-order valence-corrected chi connectivity index (χ3v) is 3.55. The Hall–Kier alpha value is -0.830. The van der Waals surface area contributed by atoms with Crippen molar-refractivity contribution in [1.29, 1.82) is 0 Å². The zero-order chi connectivity index (χ0) is 16.2. The highest BCUT2D eigenvalue weighted by Crippen LogP contribution is 2.10. The van der Waals surface area contributed by atoms with Crippen molar-refractivity contribution in [1.82, 2.24) is 20.4 Å². The lowest BCUT2D eigenvalue weighted by Gasteiger charge is -2.15. The van der Waals surface area contributed by atoms with Crippen LogP contribution in [0, 0.1) is 5.92 Å². The number of aromatic nitrogens is 2. The molecule has 0 spiro atoms. The maximum Gasteiger partial charge on any atom is 0.191 e. The highest BCUT2D eigenvalue weighted by atomic mass is 127. The van der Waals surface area contributed by atoms with E-state index in [9.17, 15) is 0 Å². The Kier molecular flexibility index (Phi) is 13.1. The molecule has 1 aromatic rings. The van der Waals surface area contributed by atoms with E-state index in [0.717, 1.165) is 51.3 Å². The number of aliphatic hydroxyl groups is 1. The molecule has 0 aliphatic heterocycles. The number of hydrogen-bond donors (Lipinski definition) is 3.